The number of amides is 1. The first-order valence-electron chi connectivity index (χ1n) is 5.51. The number of thiazole rings is 1. The van der Waals surface area contributed by atoms with Crippen molar-refractivity contribution in [2.75, 3.05) is 5.32 Å². The summed E-state index contributed by atoms with van der Waals surface area (Å²) in [5, 5.41) is 3.39. The van der Waals surface area contributed by atoms with Gasteiger partial charge in [-0.05, 0) is 40.2 Å². The predicted molar refractivity (Wildman–Crippen MR) is 79.5 cm³/mol. The van der Waals surface area contributed by atoms with E-state index < -0.39 is 0 Å². The van der Waals surface area contributed by atoms with Gasteiger partial charge in [0, 0.05) is 11.8 Å². The van der Waals surface area contributed by atoms with Crippen molar-refractivity contribution in [2.45, 2.75) is 0 Å². The Bertz CT molecular complexity index is 723. The Morgan fingerprint density at radius 3 is 2.89 bits per heavy atom. The molecule has 0 spiro atoms. The van der Waals surface area contributed by atoms with E-state index in [1.165, 1.54) is 11.3 Å². The fraction of sp³-hybridized carbons (Fsp3) is 0. The second-order valence-corrected chi connectivity index (χ2v) is 5.65. The first-order valence-corrected chi connectivity index (χ1v) is 7.12. The van der Waals surface area contributed by atoms with E-state index >= 15 is 0 Å². The molecule has 0 fully saturated rings. The molecule has 3 aromatic rings. The molecule has 0 aliphatic carbocycles. The fourth-order valence-electron chi connectivity index (χ4n) is 1.64. The lowest BCUT2D eigenvalue weighted by Gasteiger charge is -2.01. The molecule has 0 radical (unpaired) electrons. The summed E-state index contributed by atoms with van der Waals surface area (Å²) in [6, 6.07) is 11.1. The van der Waals surface area contributed by atoms with Gasteiger partial charge in [-0.25, -0.2) is 9.97 Å². The Hall–Kier alpha value is -1.79. The first kappa shape index (κ1) is 12.3. The van der Waals surface area contributed by atoms with Crippen molar-refractivity contribution in [1.29, 1.82) is 0 Å². The van der Waals surface area contributed by atoms with E-state index in [0.717, 1.165) is 10.2 Å². The molecule has 2 aromatic heterocycles. The summed E-state index contributed by atoms with van der Waals surface area (Å²) in [6.45, 7) is 0. The maximum atomic E-state index is 12.1. The lowest BCUT2D eigenvalue weighted by Crippen LogP contribution is -2.11. The van der Waals surface area contributed by atoms with Crippen molar-refractivity contribution >= 4 is 48.5 Å². The topological polar surface area (TPSA) is 54.9 Å². The molecule has 4 nitrogen and oxygen atoms in total. The van der Waals surface area contributed by atoms with E-state index in [9.17, 15) is 4.79 Å². The number of nitrogens with one attached hydrogen (secondary N) is 1. The standard InChI is InChI=1S/C13H8BrN3OS/c14-11-7-8(5-6-15-11)12(18)17-13-16-9-3-1-2-4-10(9)19-13/h1-7H,(H,16,17,18). The summed E-state index contributed by atoms with van der Waals surface area (Å²) in [6.07, 6.45) is 1.58. The first-order chi connectivity index (χ1) is 9.22. The molecule has 19 heavy (non-hydrogen) atoms. The van der Waals surface area contributed by atoms with Crippen LogP contribution in [0.5, 0.6) is 0 Å². The Labute approximate surface area is 121 Å². The van der Waals surface area contributed by atoms with Crippen LogP contribution in [0.25, 0.3) is 10.2 Å². The quantitative estimate of drug-likeness (QED) is 0.727. The third-order valence-electron chi connectivity index (χ3n) is 2.50. The normalized spacial score (nSPS) is 10.6. The smallest absolute Gasteiger partial charge is 0.257 e. The molecule has 0 aliphatic rings. The SMILES string of the molecule is O=C(Nc1nc2ccccc2s1)c1ccnc(Br)c1. The van der Waals surface area contributed by atoms with Gasteiger partial charge in [0.15, 0.2) is 5.13 Å². The molecule has 1 amide bonds. The fourth-order valence-corrected chi connectivity index (χ4v) is 2.86. The van der Waals surface area contributed by atoms with Crippen molar-refractivity contribution in [3.63, 3.8) is 0 Å². The monoisotopic (exact) mass is 333 g/mol. The highest BCUT2D eigenvalue weighted by molar-refractivity contribution is 9.10. The molecule has 0 aliphatic heterocycles. The van der Waals surface area contributed by atoms with Gasteiger partial charge < -0.3 is 0 Å². The largest absolute Gasteiger partial charge is 0.298 e. The zero-order chi connectivity index (χ0) is 13.2. The molecule has 0 bridgehead atoms. The van der Waals surface area contributed by atoms with Gasteiger partial charge >= 0.3 is 0 Å². The highest BCUT2D eigenvalue weighted by Gasteiger charge is 2.10. The number of rotatable bonds is 2. The number of aromatic nitrogens is 2. The number of hydrogen-bond acceptors (Lipinski definition) is 4. The van der Waals surface area contributed by atoms with Gasteiger partial charge in [0.05, 0.1) is 10.2 Å². The van der Waals surface area contributed by atoms with Crippen LogP contribution < -0.4 is 5.32 Å². The Kier molecular flexibility index (Phi) is 3.27. The molecule has 2 heterocycles. The third-order valence-corrected chi connectivity index (χ3v) is 3.89. The van der Waals surface area contributed by atoms with Crippen LogP contribution in [0.15, 0.2) is 47.2 Å². The molecule has 0 atom stereocenters. The van der Waals surface area contributed by atoms with Crippen LogP contribution in [0.2, 0.25) is 0 Å². The predicted octanol–water partition coefficient (Wildman–Crippen LogP) is 3.71. The summed E-state index contributed by atoms with van der Waals surface area (Å²) in [5.74, 6) is -0.192. The zero-order valence-corrected chi connectivity index (χ0v) is 12.0. The van der Waals surface area contributed by atoms with E-state index in [1.54, 1.807) is 18.3 Å². The van der Waals surface area contributed by atoms with Crippen LogP contribution in [0, 0.1) is 0 Å². The van der Waals surface area contributed by atoms with Crippen LogP contribution in [0.1, 0.15) is 10.4 Å². The molecular formula is C13H8BrN3OS. The lowest BCUT2D eigenvalue weighted by molar-refractivity contribution is 0.102. The summed E-state index contributed by atoms with van der Waals surface area (Å²) in [7, 11) is 0. The van der Waals surface area contributed by atoms with Crippen molar-refractivity contribution in [1.82, 2.24) is 9.97 Å². The second kappa shape index (κ2) is 5.07. The van der Waals surface area contributed by atoms with Crippen LogP contribution in [0.4, 0.5) is 5.13 Å². The molecular weight excluding hydrogens is 326 g/mol. The zero-order valence-electron chi connectivity index (χ0n) is 9.63. The molecule has 1 N–H and O–H groups in total. The maximum absolute atomic E-state index is 12.1. The second-order valence-electron chi connectivity index (χ2n) is 3.81. The van der Waals surface area contributed by atoms with Crippen LogP contribution in [-0.4, -0.2) is 15.9 Å². The summed E-state index contributed by atoms with van der Waals surface area (Å²) >= 11 is 4.69. The van der Waals surface area contributed by atoms with E-state index in [2.05, 4.69) is 31.2 Å². The van der Waals surface area contributed by atoms with Crippen LogP contribution >= 0.6 is 27.3 Å². The Morgan fingerprint density at radius 1 is 1.26 bits per heavy atom. The van der Waals surface area contributed by atoms with Gasteiger partial charge in [-0.15, -0.1) is 0 Å². The number of hydrogen-bond donors (Lipinski definition) is 1. The van der Waals surface area contributed by atoms with Gasteiger partial charge in [-0.1, -0.05) is 23.5 Å². The molecule has 3 rings (SSSR count). The number of pyridine rings is 1. The molecule has 0 saturated heterocycles. The van der Waals surface area contributed by atoms with Crippen molar-refractivity contribution in [2.24, 2.45) is 0 Å². The summed E-state index contributed by atoms with van der Waals surface area (Å²) < 4.78 is 1.68. The number of fused-ring (bicyclic) bond motifs is 1. The van der Waals surface area contributed by atoms with Crippen molar-refractivity contribution in [3.05, 3.63) is 52.8 Å². The van der Waals surface area contributed by atoms with E-state index in [4.69, 9.17) is 0 Å². The van der Waals surface area contributed by atoms with E-state index in [1.807, 2.05) is 24.3 Å². The van der Waals surface area contributed by atoms with E-state index in [0.29, 0.717) is 15.3 Å². The van der Waals surface area contributed by atoms with Gasteiger partial charge in [0.2, 0.25) is 0 Å². The molecule has 0 unspecified atom stereocenters. The number of benzene rings is 1. The van der Waals surface area contributed by atoms with Gasteiger partial charge in [-0.3, -0.25) is 10.1 Å². The average Bonchev–Trinajstić information content (AvgIpc) is 2.80. The number of para-hydroxylation sites is 1. The van der Waals surface area contributed by atoms with Crippen LogP contribution in [-0.2, 0) is 0 Å². The Balaban J connectivity index is 1.86. The summed E-state index contributed by atoms with van der Waals surface area (Å²) in [5.41, 5.74) is 1.43. The highest BCUT2D eigenvalue weighted by Crippen LogP contribution is 2.25. The lowest BCUT2D eigenvalue weighted by atomic mass is 10.2. The average molecular weight is 334 g/mol. The maximum Gasteiger partial charge on any atom is 0.257 e. The molecule has 6 heteroatoms. The minimum absolute atomic E-state index is 0.192. The minimum atomic E-state index is -0.192. The number of halogens is 1. The van der Waals surface area contributed by atoms with Gasteiger partial charge in [0.25, 0.3) is 5.91 Å². The van der Waals surface area contributed by atoms with Gasteiger partial charge in [0.1, 0.15) is 4.60 Å². The number of carbonyl (C=O) groups excluding carboxylic acids is 1. The number of nitrogens with zero attached hydrogens (tertiary/aromatic N) is 2. The van der Waals surface area contributed by atoms with Crippen molar-refractivity contribution < 1.29 is 4.79 Å². The van der Waals surface area contributed by atoms with Crippen LogP contribution in [0.3, 0.4) is 0 Å². The molecule has 94 valence electrons. The Morgan fingerprint density at radius 2 is 2.11 bits per heavy atom. The van der Waals surface area contributed by atoms with E-state index in [-0.39, 0.29) is 5.91 Å². The molecule has 0 saturated carbocycles. The van der Waals surface area contributed by atoms with Crippen molar-refractivity contribution in [3.8, 4) is 0 Å². The number of anilines is 1. The minimum Gasteiger partial charge on any atom is -0.298 e. The number of carbonyl (C=O) groups is 1. The summed E-state index contributed by atoms with van der Waals surface area (Å²) in [4.78, 5) is 20.4. The molecule has 1 aromatic carbocycles. The third kappa shape index (κ3) is 2.64. The van der Waals surface area contributed by atoms with Gasteiger partial charge in [-0.2, -0.15) is 0 Å². The highest BCUT2D eigenvalue weighted by atomic mass is 79.9.